The van der Waals surface area contributed by atoms with Gasteiger partial charge in [0.25, 0.3) is 0 Å². The number of rotatable bonds is 4. The Labute approximate surface area is 99.2 Å². The van der Waals surface area contributed by atoms with Gasteiger partial charge < -0.3 is 5.32 Å². The van der Waals surface area contributed by atoms with Gasteiger partial charge in [0.15, 0.2) is 0 Å². The molecule has 0 fully saturated rings. The van der Waals surface area contributed by atoms with E-state index in [1.54, 1.807) is 0 Å². The van der Waals surface area contributed by atoms with Crippen molar-refractivity contribution in [2.45, 2.75) is 60.2 Å². The molecule has 0 bridgehead atoms. The van der Waals surface area contributed by atoms with Crippen molar-refractivity contribution in [2.75, 3.05) is 0 Å². The van der Waals surface area contributed by atoms with Gasteiger partial charge >= 0.3 is 0 Å². The summed E-state index contributed by atoms with van der Waals surface area (Å²) in [7, 11) is 0. The number of hydrogen-bond acceptors (Lipinski definition) is 2. The van der Waals surface area contributed by atoms with E-state index in [1.165, 1.54) is 5.56 Å². The van der Waals surface area contributed by atoms with E-state index in [2.05, 4.69) is 58.2 Å². The summed E-state index contributed by atoms with van der Waals surface area (Å²) in [5.74, 6) is 0. The minimum absolute atomic E-state index is 0.300. The molecule has 1 atom stereocenters. The van der Waals surface area contributed by atoms with Crippen molar-refractivity contribution in [3.63, 3.8) is 0 Å². The number of nitrogens with one attached hydrogen (secondary N) is 1. The Hall–Kier alpha value is -0.830. The molecule has 0 radical (unpaired) electrons. The van der Waals surface area contributed by atoms with Crippen LogP contribution in [0.4, 0.5) is 0 Å². The average molecular weight is 223 g/mol. The second-order valence-corrected chi connectivity index (χ2v) is 5.89. The third-order valence-electron chi connectivity index (χ3n) is 3.10. The highest BCUT2D eigenvalue weighted by Crippen LogP contribution is 2.18. The normalized spacial score (nSPS) is 14.4. The molecule has 16 heavy (non-hydrogen) atoms. The second-order valence-electron chi connectivity index (χ2n) is 5.89. The van der Waals surface area contributed by atoms with Gasteiger partial charge in [0.2, 0.25) is 0 Å². The molecule has 0 saturated heterocycles. The summed E-state index contributed by atoms with van der Waals surface area (Å²) in [6.07, 6.45) is 4.06. The first-order valence-electron chi connectivity index (χ1n) is 6.07. The maximum absolute atomic E-state index is 4.33. The first kappa shape index (κ1) is 13.2. The van der Waals surface area contributed by atoms with Crippen LogP contribution < -0.4 is 5.32 Å². The molecule has 0 aromatic carbocycles. The van der Waals surface area contributed by atoms with Crippen molar-refractivity contribution in [2.24, 2.45) is 5.41 Å². The van der Waals surface area contributed by atoms with Gasteiger partial charge in [-0.15, -0.1) is 0 Å². The van der Waals surface area contributed by atoms with Gasteiger partial charge in [-0.05, 0) is 26.2 Å². The van der Waals surface area contributed by atoms with Crippen molar-refractivity contribution in [1.29, 1.82) is 0 Å². The summed E-state index contributed by atoms with van der Waals surface area (Å²) in [4.78, 5) is 0. The maximum atomic E-state index is 4.33. The molecule has 0 aliphatic rings. The van der Waals surface area contributed by atoms with Crippen molar-refractivity contribution < 1.29 is 0 Å². The number of nitrogens with zero attached hydrogens (tertiary/aromatic N) is 2. The van der Waals surface area contributed by atoms with Crippen LogP contribution in [0.1, 0.15) is 53.1 Å². The van der Waals surface area contributed by atoms with Crippen LogP contribution in [-0.4, -0.2) is 15.8 Å². The molecule has 0 aliphatic heterocycles. The quantitative estimate of drug-likeness (QED) is 0.850. The highest BCUT2D eigenvalue weighted by Gasteiger charge is 2.19. The van der Waals surface area contributed by atoms with Gasteiger partial charge in [-0.25, -0.2) is 0 Å². The van der Waals surface area contributed by atoms with E-state index in [0.29, 0.717) is 17.5 Å². The molecule has 1 N–H and O–H groups in total. The van der Waals surface area contributed by atoms with E-state index in [1.807, 2.05) is 10.9 Å². The molecule has 1 aromatic rings. The predicted molar refractivity (Wildman–Crippen MR) is 68.4 cm³/mol. The predicted octanol–water partition coefficient (Wildman–Crippen LogP) is 2.99. The van der Waals surface area contributed by atoms with Gasteiger partial charge in [-0.2, -0.15) is 5.10 Å². The standard InChI is InChI=1S/C13H25N3/c1-10(2)16-9-12(8-15-16)7-14-11(3)13(4,5)6/h8-11,14H,7H2,1-6H3. The van der Waals surface area contributed by atoms with Crippen LogP contribution >= 0.6 is 0 Å². The second kappa shape index (κ2) is 5.00. The van der Waals surface area contributed by atoms with E-state index < -0.39 is 0 Å². The fourth-order valence-electron chi connectivity index (χ4n) is 1.33. The van der Waals surface area contributed by atoms with Crippen molar-refractivity contribution in [3.05, 3.63) is 18.0 Å². The van der Waals surface area contributed by atoms with Gasteiger partial charge in [-0.1, -0.05) is 20.8 Å². The van der Waals surface area contributed by atoms with Gasteiger partial charge in [0.1, 0.15) is 0 Å². The molecule has 1 rings (SSSR count). The van der Waals surface area contributed by atoms with Crippen LogP contribution in [0.2, 0.25) is 0 Å². The van der Waals surface area contributed by atoms with Crippen LogP contribution in [0, 0.1) is 5.41 Å². The van der Waals surface area contributed by atoms with Gasteiger partial charge in [0.05, 0.1) is 6.20 Å². The van der Waals surface area contributed by atoms with Crippen LogP contribution in [0.5, 0.6) is 0 Å². The number of hydrogen-bond donors (Lipinski definition) is 1. The van der Waals surface area contributed by atoms with Gasteiger partial charge in [-0.3, -0.25) is 4.68 Å². The smallest absolute Gasteiger partial charge is 0.0534 e. The Morgan fingerprint density at radius 3 is 2.38 bits per heavy atom. The lowest BCUT2D eigenvalue weighted by Gasteiger charge is -2.28. The zero-order valence-electron chi connectivity index (χ0n) is 11.4. The summed E-state index contributed by atoms with van der Waals surface area (Å²) >= 11 is 0. The molecule has 92 valence electrons. The molecule has 0 spiro atoms. The summed E-state index contributed by atoms with van der Waals surface area (Å²) in [5, 5.41) is 7.87. The average Bonchev–Trinajstić information content (AvgIpc) is 2.60. The topological polar surface area (TPSA) is 29.9 Å². The highest BCUT2D eigenvalue weighted by atomic mass is 15.3. The Balaban J connectivity index is 2.49. The Morgan fingerprint density at radius 2 is 1.94 bits per heavy atom. The third kappa shape index (κ3) is 3.63. The SMILES string of the molecule is CC(C)n1cc(CNC(C)C(C)(C)C)cn1. The molecular weight excluding hydrogens is 198 g/mol. The van der Waals surface area contributed by atoms with E-state index in [-0.39, 0.29) is 0 Å². The summed E-state index contributed by atoms with van der Waals surface area (Å²) < 4.78 is 2.00. The first-order chi connectivity index (χ1) is 7.30. The van der Waals surface area contributed by atoms with Crippen molar-refractivity contribution >= 4 is 0 Å². The summed E-state index contributed by atoms with van der Waals surface area (Å²) in [6, 6.07) is 0.934. The van der Waals surface area contributed by atoms with E-state index >= 15 is 0 Å². The fourth-order valence-corrected chi connectivity index (χ4v) is 1.33. The lowest BCUT2D eigenvalue weighted by atomic mass is 9.88. The molecule has 3 nitrogen and oxygen atoms in total. The molecule has 1 aromatic heterocycles. The Bertz CT molecular complexity index is 320. The van der Waals surface area contributed by atoms with Crippen molar-refractivity contribution in [1.82, 2.24) is 15.1 Å². The maximum Gasteiger partial charge on any atom is 0.0534 e. The van der Waals surface area contributed by atoms with Crippen LogP contribution in [0.25, 0.3) is 0 Å². The Kier molecular flexibility index (Phi) is 4.14. The zero-order valence-corrected chi connectivity index (χ0v) is 11.4. The lowest BCUT2D eigenvalue weighted by molar-refractivity contribution is 0.285. The fraction of sp³-hybridized carbons (Fsp3) is 0.769. The molecule has 1 unspecified atom stereocenters. The Morgan fingerprint density at radius 1 is 1.31 bits per heavy atom. The monoisotopic (exact) mass is 223 g/mol. The zero-order chi connectivity index (χ0) is 12.3. The van der Waals surface area contributed by atoms with Crippen LogP contribution in [0.15, 0.2) is 12.4 Å². The van der Waals surface area contributed by atoms with Gasteiger partial charge in [0, 0.05) is 30.4 Å². The van der Waals surface area contributed by atoms with E-state index in [4.69, 9.17) is 0 Å². The minimum Gasteiger partial charge on any atom is -0.310 e. The summed E-state index contributed by atoms with van der Waals surface area (Å²) in [6.45, 7) is 14.2. The van der Waals surface area contributed by atoms with Crippen LogP contribution in [0.3, 0.4) is 0 Å². The molecule has 3 heteroatoms. The van der Waals surface area contributed by atoms with E-state index in [9.17, 15) is 0 Å². The third-order valence-corrected chi connectivity index (χ3v) is 3.10. The number of aromatic nitrogens is 2. The molecule has 0 saturated carbocycles. The molecule has 0 aliphatic carbocycles. The molecular formula is C13H25N3. The molecule has 0 amide bonds. The largest absolute Gasteiger partial charge is 0.310 e. The lowest BCUT2D eigenvalue weighted by Crippen LogP contribution is -2.37. The van der Waals surface area contributed by atoms with Crippen molar-refractivity contribution in [3.8, 4) is 0 Å². The van der Waals surface area contributed by atoms with Crippen LogP contribution in [-0.2, 0) is 6.54 Å². The first-order valence-corrected chi connectivity index (χ1v) is 6.07. The highest BCUT2D eigenvalue weighted by molar-refractivity contribution is 5.04. The van der Waals surface area contributed by atoms with E-state index in [0.717, 1.165) is 6.54 Å². The minimum atomic E-state index is 0.300. The summed E-state index contributed by atoms with van der Waals surface area (Å²) in [5.41, 5.74) is 1.55. The molecule has 1 heterocycles.